The number of carbonyl (C=O) groups is 1. The molecule has 1 amide bonds. The molecule has 146 valence electrons. The van der Waals surface area contributed by atoms with Gasteiger partial charge in [-0.15, -0.1) is 0 Å². The molecular weight excluding hydrogens is 332 g/mol. The summed E-state index contributed by atoms with van der Waals surface area (Å²) in [6, 6.07) is 10.3. The van der Waals surface area contributed by atoms with E-state index >= 15 is 0 Å². The van der Waals surface area contributed by atoms with Crippen molar-refractivity contribution in [3.05, 3.63) is 35.4 Å². The van der Waals surface area contributed by atoms with Crippen molar-refractivity contribution in [2.24, 2.45) is 5.92 Å². The molecule has 3 heteroatoms. The van der Waals surface area contributed by atoms with E-state index in [-0.39, 0.29) is 5.91 Å². The molecule has 0 N–H and O–H groups in total. The van der Waals surface area contributed by atoms with Gasteiger partial charge in [0, 0.05) is 19.5 Å². The molecule has 1 saturated carbocycles. The number of likely N-dealkylation sites (tertiary alicyclic amines) is 2. The first kappa shape index (κ1) is 17.7. The maximum atomic E-state index is 12.2. The summed E-state index contributed by atoms with van der Waals surface area (Å²) in [5.74, 6) is 0.908. The van der Waals surface area contributed by atoms with Crippen LogP contribution >= 0.6 is 0 Å². The van der Waals surface area contributed by atoms with Gasteiger partial charge in [0.2, 0.25) is 5.91 Å². The fourth-order valence-electron chi connectivity index (χ4n) is 6.93. The standard InChI is InChI=1S/C24H34N2O/c1-18(27)26-14-11-19-17-24(22-10-6-5-9-21(22)23(19)26)12-15-25(16-13-24)20-7-3-2-4-8-20/h5-6,9-10,19-20,23H,2-4,7-8,11-17H2,1H3. The molecule has 3 nitrogen and oxygen atoms in total. The van der Waals surface area contributed by atoms with E-state index in [0.717, 1.165) is 12.6 Å². The lowest BCUT2D eigenvalue weighted by atomic mass is 9.60. The van der Waals surface area contributed by atoms with Gasteiger partial charge in [-0.2, -0.15) is 0 Å². The summed E-state index contributed by atoms with van der Waals surface area (Å²) in [5, 5.41) is 0. The van der Waals surface area contributed by atoms with Crippen LogP contribution in [0.25, 0.3) is 0 Å². The summed E-state index contributed by atoms with van der Waals surface area (Å²) >= 11 is 0. The van der Waals surface area contributed by atoms with Gasteiger partial charge in [0.1, 0.15) is 0 Å². The van der Waals surface area contributed by atoms with Crippen LogP contribution in [0.15, 0.2) is 24.3 Å². The van der Waals surface area contributed by atoms with E-state index in [2.05, 4.69) is 34.1 Å². The maximum Gasteiger partial charge on any atom is 0.219 e. The van der Waals surface area contributed by atoms with Crippen LogP contribution in [0.4, 0.5) is 0 Å². The van der Waals surface area contributed by atoms with Crippen LogP contribution in [0, 0.1) is 5.92 Å². The molecule has 2 aliphatic heterocycles. The van der Waals surface area contributed by atoms with Crippen LogP contribution in [-0.4, -0.2) is 41.4 Å². The summed E-state index contributed by atoms with van der Waals surface area (Å²) in [6.07, 6.45) is 12.2. The molecule has 2 atom stereocenters. The van der Waals surface area contributed by atoms with E-state index in [9.17, 15) is 4.79 Å². The van der Waals surface area contributed by atoms with Crippen molar-refractivity contribution in [2.45, 2.75) is 82.2 Å². The zero-order valence-corrected chi connectivity index (χ0v) is 16.8. The van der Waals surface area contributed by atoms with Gasteiger partial charge in [0.15, 0.2) is 0 Å². The van der Waals surface area contributed by atoms with E-state index in [1.807, 2.05) is 0 Å². The quantitative estimate of drug-likeness (QED) is 0.721. The largest absolute Gasteiger partial charge is 0.336 e. The van der Waals surface area contributed by atoms with E-state index in [1.165, 1.54) is 76.4 Å². The van der Waals surface area contributed by atoms with E-state index in [4.69, 9.17) is 0 Å². The Morgan fingerprint density at radius 1 is 1.00 bits per heavy atom. The van der Waals surface area contributed by atoms with Crippen molar-refractivity contribution < 1.29 is 4.79 Å². The van der Waals surface area contributed by atoms with Crippen molar-refractivity contribution >= 4 is 5.91 Å². The van der Waals surface area contributed by atoms with Crippen molar-refractivity contribution in [1.29, 1.82) is 0 Å². The SMILES string of the molecule is CC(=O)N1CCC2CC3(CCN(C4CCCCC4)CC3)c3ccccc3C21. The summed E-state index contributed by atoms with van der Waals surface area (Å²) < 4.78 is 0. The first-order chi connectivity index (χ1) is 13.2. The van der Waals surface area contributed by atoms with Crippen LogP contribution in [0.1, 0.15) is 81.9 Å². The third kappa shape index (κ3) is 2.93. The van der Waals surface area contributed by atoms with Crippen molar-refractivity contribution in [3.63, 3.8) is 0 Å². The lowest BCUT2D eigenvalue weighted by Crippen LogP contribution is -2.50. The average Bonchev–Trinajstić information content (AvgIpc) is 3.13. The number of piperidine rings is 1. The lowest BCUT2D eigenvalue weighted by Gasteiger charge is -2.51. The molecule has 0 bridgehead atoms. The Kier molecular flexibility index (Phi) is 4.54. The lowest BCUT2D eigenvalue weighted by molar-refractivity contribution is -0.130. The van der Waals surface area contributed by atoms with E-state index in [1.54, 1.807) is 12.5 Å². The Hall–Kier alpha value is -1.35. The Morgan fingerprint density at radius 3 is 2.48 bits per heavy atom. The highest BCUT2D eigenvalue weighted by molar-refractivity contribution is 5.74. The van der Waals surface area contributed by atoms with Gasteiger partial charge in [-0.1, -0.05) is 43.5 Å². The van der Waals surface area contributed by atoms with Gasteiger partial charge in [0.05, 0.1) is 6.04 Å². The van der Waals surface area contributed by atoms with Crippen LogP contribution in [0.2, 0.25) is 0 Å². The first-order valence-corrected chi connectivity index (χ1v) is 11.3. The number of rotatable bonds is 1. The van der Waals surface area contributed by atoms with Gasteiger partial charge in [-0.25, -0.2) is 0 Å². The topological polar surface area (TPSA) is 23.6 Å². The molecule has 4 aliphatic rings. The predicted molar refractivity (Wildman–Crippen MR) is 109 cm³/mol. The Balaban J connectivity index is 1.41. The highest BCUT2D eigenvalue weighted by atomic mass is 16.2. The molecular formula is C24H34N2O. The third-order valence-electron chi connectivity index (χ3n) is 8.28. The molecule has 2 saturated heterocycles. The smallest absolute Gasteiger partial charge is 0.219 e. The predicted octanol–water partition coefficient (Wildman–Crippen LogP) is 4.67. The maximum absolute atomic E-state index is 12.2. The minimum Gasteiger partial charge on any atom is -0.336 e. The van der Waals surface area contributed by atoms with Gasteiger partial charge in [0.25, 0.3) is 0 Å². The zero-order valence-electron chi connectivity index (χ0n) is 16.8. The van der Waals surface area contributed by atoms with Gasteiger partial charge in [-0.05, 0) is 74.1 Å². The number of hydrogen-bond acceptors (Lipinski definition) is 2. The molecule has 0 radical (unpaired) electrons. The Morgan fingerprint density at radius 2 is 1.74 bits per heavy atom. The first-order valence-electron chi connectivity index (χ1n) is 11.3. The summed E-state index contributed by atoms with van der Waals surface area (Å²) in [4.78, 5) is 17.2. The molecule has 5 rings (SSSR count). The fraction of sp³-hybridized carbons (Fsp3) is 0.708. The molecule has 1 aromatic carbocycles. The second kappa shape index (κ2) is 6.92. The zero-order chi connectivity index (χ0) is 18.4. The van der Waals surface area contributed by atoms with Gasteiger partial charge in [-0.3, -0.25) is 4.79 Å². The summed E-state index contributed by atoms with van der Waals surface area (Å²) in [7, 11) is 0. The van der Waals surface area contributed by atoms with Crippen LogP contribution in [-0.2, 0) is 10.2 Å². The number of nitrogens with zero attached hydrogens (tertiary/aromatic N) is 2. The van der Waals surface area contributed by atoms with E-state index < -0.39 is 0 Å². The fourth-order valence-corrected chi connectivity index (χ4v) is 6.93. The van der Waals surface area contributed by atoms with Gasteiger partial charge >= 0.3 is 0 Å². The molecule has 27 heavy (non-hydrogen) atoms. The number of benzene rings is 1. The molecule has 1 spiro atoms. The monoisotopic (exact) mass is 366 g/mol. The molecule has 2 heterocycles. The average molecular weight is 367 g/mol. The van der Waals surface area contributed by atoms with Crippen LogP contribution in [0.5, 0.6) is 0 Å². The van der Waals surface area contributed by atoms with Crippen LogP contribution in [0.3, 0.4) is 0 Å². The second-order valence-corrected chi connectivity index (χ2v) is 9.61. The third-order valence-corrected chi connectivity index (χ3v) is 8.28. The van der Waals surface area contributed by atoms with Crippen molar-refractivity contribution in [2.75, 3.05) is 19.6 Å². The Bertz CT molecular complexity index is 700. The number of carbonyl (C=O) groups excluding carboxylic acids is 1. The highest BCUT2D eigenvalue weighted by Crippen LogP contribution is 2.55. The molecule has 1 aromatic rings. The van der Waals surface area contributed by atoms with E-state index in [0.29, 0.717) is 17.4 Å². The molecule has 2 unspecified atom stereocenters. The normalized spacial score (nSPS) is 30.9. The molecule has 3 fully saturated rings. The minimum absolute atomic E-state index is 0.250. The highest BCUT2D eigenvalue weighted by Gasteiger charge is 2.50. The van der Waals surface area contributed by atoms with Crippen molar-refractivity contribution in [1.82, 2.24) is 9.80 Å². The molecule has 0 aromatic heterocycles. The second-order valence-electron chi connectivity index (χ2n) is 9.61. The van der Waals surface area contributed by atoms with Crippen LogP contribution < -0.4 is 0 Å². The summed E-state index contributed by atoms with van der Waals surface area (Å²) in [5.41, 5.74) is 3.39. The van der Waals surface area contributed by atoms with Crippen molar-refractivity contribution in [3.8, 4) is 0 Å². The van der Waals surface area contributed by atoms with Gasteiger partial charge < -0.3 is 9.80 Å². The number of fused-ring (bicyclic) bond motifs is 4. The molecule has 2 aliphatic carbocycles. The minimum atomic E-state index is 0.250. The Labute approximate surface area is 164 Å². The summed E-state index contributed by atoms with van der Waals surface area (Å²) in [6.45, 7) is 5.24. The number of amides is 1. The number of hydrogen-bond donors (Lipinski definition) is 0.